The normalized spacial score (nSPS) is 15.2. The van der Waals surface area contributed by atoms with Gasteiger partial charge >= 0.3 is 0 Å². The zero-order chi connectivity index (χ0) is 18.7. The Balaban J connectivity index is 1.55. The van der Waals surface area contributed by atoms with Gasteiger partial charge < -0.3 is 10.2 Å². The fraction of sp³-hybridized carbons (Fsp3) is 0.278. The van der Waals surface area contributed by atoms with Gasteiger partial charge in [0.15, 0.2) is 5.11 Å². The molecule has 1 fully saturated rings. The monoisotopic (exact) mass is 447 g/mol. The van der Waals surface area contributed by atoms with Gasteiger partial charge in [0.2, 0.25) is 0 Å². The van der Waals surface area contributed by atoms with Crippen molar-refractivity contribution in [1.82, 2.24) is 9.80 Å². The molecule has 1 aliphatic heterocycles. The first-order valence-electron chi connectivity index (χ1n) is 8.10. The Morgan fingerprint density at radius 1 is 0.923 bits per heavy atom. The Bertz CT molecular complexity index is 787. The molecule has 0 bridgehead atoms. The average Bonchev–Trinajstić information content (AvgIpc) is 2.61. The molecule has 1 aliphatic rings. The van der Waals surface area contributed by atoms with Crippen LogP contribution in [0.1, 0.15) is 5.56 Å². The van der Waals surface area contributed by atoms with E-state index in [0.29, 0.717) is 25.2 Å². The summed E-state index contributed by atoms with van der Waals surface area (Å²) in [6.45, 7) is 4.11. The van der Waals surface area contributed by atoms with Crippen LogP contribution in [-0.4, -0.2) is 41.1 Å². The van der Waals surface area contributed by atoms with Gasteiger partial charge in [-0.05, 0) is 42.5 Å². The molecule has 1 saturated heterocycles. The molecule has 1 heterocycles. The van der Waals surface area contributed by atoms with Crippen LogP contribution in [0.5, 0.6) is 0 Å². The Labute approximate surface area is 178 Å². The predicted octanol–water partition coefficient (Wildman–Crippen LogP) is 5.81. The highest BCUT2D eigenvalue weighted by molar-refractivity contribution is 7.80. The highest BCUT2D eigenvalue weighted by Gasteiger charge is 2.21. The fourth-order valence-electron chi connectivity index (χ4n) is 2.80. The lowest BCUT2D eigenvalue weighted by Crippen LogP contribution is -2.49. The maximum Gasteiger partial charge on any atom is 0.173 e. The van der Waals surface area contributed by atoms with Gasteiger partial charge in [0.25, 0.3) is 0 Å². The van der Waals surface area contributed by atoms with Crippen molar-refractivity contribution >= 4 is 69.4 Å². The van der Waals surface area contributed by atoms with Gasteiger partial charge in [0, 0.05) is 53.4 Å². The third kappa shape index (κ3) is 4.94. The van der Waals surface area contributed by atoms with Gasteiger partial charge in [-0.1, -0.05) is 52.5 Å². The van der Waals surface area contributed by atoms with Crippen LogP contribution in [0.3, 0.4) is 0 Å². The van der Waals surface area contributed by atoms with Crippen molar-refractivity contribution in [1.29, 1.82) is 0 Å². The molecular weight excluding hydrogens is 432 g/mol. The van der Waals surface area contributed by atoms with Crippen LogP contribution < -0.4 is 5.32 Å². The molecule has 3 nitrogen and oxygen atoms in total. The number of piperazine rings is 1. The van der Waals surface area contributed by atoms with Crippen LogP contribution in [0.25, 0.3) is 0 Å². The molecule has 0 atom stereocenters. The minimum Gasteiger partial charge on any atom is -0.346 e. The van der Waals surface area contributed by atoms with Gasteiger partial charge in [-0.25, -0.2) is 0 Å². The van der Waals surface area contributed by atoms with E-state index in [0.717, 1.165) is 44.0 Å². The molecular formula is C18H17Cl4N3S. The summed E-state index contributed by atoms with van der Waals surface area (Å²) in [5, 5.41) is 6.40. The van der Waals surface area contributed by atoms with Crippen LogP contribution >= 0.6 is 58.6 Å². The summed E-state index contributed by atoms with van der Waals surface area (Å²) < 4.78 is 0. The molecule has 138 valence electrons. The number of nitrogens with one attached hydrogen (secondary N) is 1. The van der Waals surface area contributed by atoms with Crippen LogP contribution in [0, 0.1) is 0 Å². The number of anilines is 1. The number of thiocarbonyl (C=S) groups is 1. The van der Waals surface area contributed by atoms with Crippen molar-refractivity contribution in [3.8, 4) is 0 Å². The number of benzene rings is 2. The summed E-state index contributed by atoms with van der Waals surface area (Å²) in [6, 6.07) is 10.9. The lowest BCUT2D eigenvalue weighted by atomic mass is 10.2. The van der Waals surface area contributed by atoms with Crippen molar-refractivity contribution < 1.29 is 0 Å². The van der Waals surface area contributed by atoms with E-state index in [-0.39, 0.29) is 0 Å². The lowest BCUT2D eigenvalue weighted by Gasteiger charge is -2.36. The lowest BCUT2D eigenvalue weighted by molar-refractivity contribution is 0.177. The van der Waals surface area contributed by atoms with Crippen LogP contribution in [0.15, 0.2) is 36.4 Å². The predicted molar refractivity (Wildman–Crippen MR) is 116 cm³/mol. The first-order chi connectivity index (χ1) is 12.4. The van der Waals surface area contributed by atoms with Crippen LogP contribution in [-0.2, 0) is 6.54 Å². The highest BCUT2D eigenvalue weighted by Crippen LogP contribution is 2.27. The molecule has 8 heteroatoms. The number of hydrogen-bond donors (Lipinski definition) is 1. The maximum atomic E-state index is 6.27. The van der Waals surface area contributed by atoms with Crippen molar-refractivity contribution in [2.24, 2.45) is 0 Å². The smallest absolute Gasteiger partial charge is 0.173 e. The standard InChI is InChI=1S/C18H17Cl4N3S/c19-12-4-5-17(16(22)10-12)23-18(26)25-8-6-24(7-9-25)11-13-14(20)2-1-3-15(13)21/h1-5,10H,6-9,11H2,(H,23,26). The molecule has 1 N–H and O–H groups in total. The van der Waals surface area contributed by atoms with Gasteiger partial charge in [-0.2, -0.15) is 0 Å². The number of rotatable bonds is 3. The molecule has 0 amide bonds. The van der Waals surface area contributed by atoms with Crippen LogP contribution in [0.4, 0.5) is 5.69 Å². The van der Waals surface area contributed by atoms with Crippen LogP contribution in [0.2, 0.25) is 20.1 Å². The highest BCUT2D eigenvalue weighted by atomic mass is 35.5. The first-order valence-corrected chi connectivity index (χ1v) is 10.0. The topological polar surface area (TPSA) is 18.5 Å². The maximum absolute atomic E-state index is 6.27. The van der Waals surface area contributed by atoms with E-state index < -0.39 is 0 Å². The molecule has 0 unspecified atom stereocenters. The van der Waals surface area contributed by atoms with Crippen molar-refractivity contribution in [3.63, 3.8) is 0 Å². The summed E-state index contributed by atoms with van der Waals surface area (Å²) >= 11 is 30.2. The van der Waals surface area contributed by atoms with Crippen molar-refractivity contribution in [2.45, 2.75) is 6.54 Å². The zero-order valence-corrected chi connectivity index (χ0v) is 17.7. The molecule has 0 saturated carbocycles. The number of hydrogen-bond acceptors (Lipinski definition) is 2. The second-order valence-corrected chi connectivity index (χ2v) is 8.06. The molecule has 2 aromatic rings. The quantitative estimate of drug-likeness (QED) is 0.596. The molecule has 0 spiro atoms. The molecule has 0 aliphatic carbocycles. The van der Waals surface area contributed by atoms with Gasteiger partial charge in [0.05, 0.1) is 10.7 Å². The van der Waals surface area contributed by atoms with E-state index in [9.17, 15) is 0 Å². The Hall–Kier alpha value is -0.750. The molecule has 3 rings (SSSR count). The van der Waals surface area contributed by atoms with E-state index in [1.54, 1.807) is 12.1 Å². The summed E-state index contributed by atoms with van der Waals surface area (Å²) in [6.07, 6.45) is 0. The van der Waals surface area contributed by atoms with E-state index in [2.05, 4.69) is 15.1 Å². The Morgan fingerprint density at radius 3 is 2.19 bits per heavy atom. The SMILES string of the molecule is S=C(Nc1ccc(Cl)cc1Cl)N1CCN(Cc2c(Cl)cccc2Cl)CC1. The molecule has 26 heavy (non-hydrogen) atoms. The average molecular weight is 449 g/mol. The Morgan fingerprint density at radius 2 is 1.58 bits per heavy atom. The molecule has 0 aromatic heterocycles. The second kappa shape index (κ2) is 8.96. The van der Waals surface area contributed by atoms with Gasteiger partial charge in [0.1, 0.15) is 0 Å². The molecule has 0 radical (unpaired) electrons. The van der Waals surface area contributed by atoms with Crippen molar-refractivity contribution in [3.05, 3.63) is 62.1 Å². The largest absolute Gasteiger partial charge is 0.346 e. The number of halogens is 4. The van der Waals surface area contributed by atoms with E-state index in [1.165, 1.54) is 0 Å². The Kier molecular flexibility index (Phi) is 6.89. The minimum absolute atomic E-state index is 0.548. The summed E-state index contributed by atoms with van der Waals surface area (Å²) in [5.74, 6) is 0. The minimum atomic E-state index is 0.548. The van der Waals surface area contributed by atoms with Crippen molar-refractivity contribution in [2.75, 3.05) is 31.5 Å². The third-order valence-corrected chi connectivity index (χ3v) is 5.89. The number of nitrogens with zero attached hydrogens (tertiary/aromatic N) is 2. The van der Waals surface area contributed by atoms with E-state index in [1.807, 2.05) is 24.3 Å². The summed E-state index contributed by atoms with van der Waals surface area (Å²) in [4.78, 5) is 4.45. The van der Waals surface area contributed by atoms with Gasteiger partial charge in [-0.15, -0.1) is 0 Å². The zero-order valence-electron chi connectivity index (χ0n) is 13.8. The van der Waals surface area contributed by atoms with E-state index >= 15 is 0 Å². The molecule has 2 aromatic carbocycles. The first kappa shape index (κ1) is 20.0. The third-order valence-electron chi connectivity index (χ3n) is 4.28. The van der Waals surface area contributed by atoms with Gasteiger partial charge in [-0.3, -0.25) is 4.90 Å². The second-order valence-electron chi connectivity index (χ2n) is 6.02. The fourth-order valence-corrected chi connectivity index (χ4v) is 4.07. The summed E-state index contributed by atoms with van der Waals surface area (Å²) in [7, 11) is 0. The van der Waals surface area contributed by atoms with E-state index in [4.69, 9.17) is 58.6 Å². The summed E-state index contributed by atoms with van der Waals surface area (Å²) in [5.41, 5.74) is 1.73.